The van der Waals surface area contributed by atoms with Crippen LogP contribution in [0.5, 0.6) is 0 Å². The first kappa shape index (κ1) is 19.7. The van der Waals surface area contributed by atoms with Crippen molar-refractivity contribution in [2.24, 2.45) is 0 Å². The van der Waals surface area contributed by atoms with E-state index in [-0.39, 0.29) is 11.8 Å². The van der Waals surface area contributed by atoms with Crippen molar-refractivity contribution >= 4 is 27.9 Å². The Morgan fingerprint density at radius 3 is 2.30 bits per heavy atom. The van der Waals surface area contributed by atoms with Crippen molar-refractivity contribution in [3.05, 3.63) is 96.4 Å². The molecule has 33 heavy (non-hydrogen) atoms. The fourth-order valence-corrected chi connectivity index (χ4v) is 4.67. The van der Waals surface area contributed by atoms with E-state index in [1.54, 1.807) is 0 Å². The molecule has 1 saturated heterocycles. The summed E-state index contributed by atoms with van der Waals surface area (Å²) in [6, 6.07) is 27.7. The molecule has 5 nitrogen and oxygen atoms in total. The fraction of sp³-hybridized carbons (Fsp3) is 0.179. The van der Waals surface area contributed by atoms with Crippen molar-refractivity contribution in [2.75, 3.05) is 13.1 Å². The predicted molar refractivity (Wildman–Crippen MR) is 129 cm³/mol. The molecule has 1 aliphatic heterocycles. The van der Waals surface area contributed by atoms with E-state index in [0.717, 1.165) is 52.0 Å². The molecule has 0 unspecified atom stereocenters. The Hall–Kier alpha value is -3.99. The molecular weight excluding hydrogens is 410 g/mol. The fourth-order valence-electron chi connectivity index (χ4n) is 4.67. The van der Waals surface area contributed by atoms with Gasteiger partial charge in [0.1, 0.15) is 5.52 Å². The number of pyridine rings is 1. The molecule has 0 saturated carbocycles. The Morgan fingerprint density at radius 2 is 1.52 bits per heavy atom. The minimum Gasteiger partial charge on any atom is -0.440 e. The number of piperidine rings is 1. The van der Waals surface area contributed by atoms with Crippen LogP contribution in [-0.4, -0.2) is 33.9 Å². The van der Waals surface area contributed by atoms with E-state index >= 15 is 0 Å². The molecule has 0 bridgehead atoms. The quantitative estimate of drug-likeness (QED) is 0.347. The van der Waals surface area contributed by atoms with Gasteiger partial charge in [-0.1, -0.05) is 60.7 Å². The minimum atomic E-state index is 0.0572. The average Bonchev–Trinajstić information content (AvgIpc) is 3.33. The van der Waals surface area contributed by atoms with Crippen molar-refractivity contribution in [3.63, 3.8) is 0 Å². The number of carbonyl (C=O) groups excluding carboxylic acids is 1. The summed E-state index contributed by atoms with van der Waals surface area (Å²) in [7, 11) is 0. The summed E-state index contributed by atoms with van der Waals surface area (Å²) in [5.41, 5.74) is 5.08. The molecule has 0 radical (unpaired) electrons. The number of benzene rings is 3. The van der Waals surface area contributed by atoms with Crippen LogP contribution in [0.25, 0.3) is 33.3 Å². The third-order valence-electron chi connectivity index (χ3n) is 6.46. The summed E-state index contributed by atoms with van der Waals surface area (Å²) in [5.74, 6) is 1.07. The molecule has 0 aliphatic carbocycles. The van der Waals surface area contributed by atoms with Crippen molar-refractivity contribution in [2.45, 2.75) is 18.8 Å². The zero-order chi connectivity index (χ0) is 22.2. The molecular formula is C28H23N3O2. The maximum Gasteiger partial charge on any atom is 0.254 e. The van der Waals surface area contributed by atoms with Gasteiger partial charge in [0.2, 0.25) is 0 Å². The van der Waals surface area contributed by atoms with E-state index in [1.807, 2.05) is 89.8 Å². The van der Waals surface area contributed by atoms with Gasteiger partial charge in [-0.15, -0.1) is 0 Å². The molecule has 3 heterocycles. The Kier molecular flexibility index (Phi) is 4.87. The molecule has 5 heteroatoms. The summed E-state index contributed by atoms with van der Waals surface area (Å²) in [6.07, 6.45) is 1.68. The van der Waals surface area contributed by atoms with Crippen LogP contribution in [-0.2, 0) is 0 Å². The molecule has 2 aromatic heterocycles. The van der Waals surface area contributed by atoms with Crippen LogP contribution >= 0.6 is 0 Å². The van der Waals surface area contributed by atoms with Gasteiger partial charge < -0.3 is 9.32 Å². The SMILES string of the molecule is O=C(c1cc(-c2ccccc2)nc2ccccc12)N1CCC(c2nc3ccccc3o2)CC1. The van der Waals surface area contributed by atoms with E-state index in [0.29, 0.717) is 18.7 Å². The summed E-state index contributed by atoms with van der Waals surface area (Å²) < 4.78 is 5.99. The highest BCUT2D eigenvalue weighted by Gasteiger charge is 2.28. The minimum absolute atomic E-state index is 0.0572. The number of fused-ring (bicyclic) bond motifs is 2. The van der Waals surface area contributed by atoms with Crippen LogP contribution in [0.1, 0.15) is 35.0 Å². The predicted octanol–water partition coefficient (Wildman–Crippen LogP) is 6.06. The molecule has 0 N–H and O–H groups in total. The normalized spacial score (nSPS) is 14.7. The molecule has 6 rings (SSSR count). The first-order chi connectivity index (χ1) is 16.3. The smallest absolute Gasteiger partial charge is 0.254 e. The lowest BCUT2D eigenvalue weighted by atomic mass is 9.95. The number of amides is 1. The van der Waals surface area contributed by atoms with Gasteiger partial charge in [-0.05, 0) is 37.1 Å². The Morgan fingerprint density at radius 1 is 0.818 bits per heavy atom. The van der Waals surface area contributed by atoms with E-state index < -0.39 is 0 Å². The Bertz CT molecular complexity index is 1420. The molecule has 0 spiro atoms. The van der Waals surface area contributed by atoms with E-state index in [1.165, 1.54) is 0 Å². The van der Waals surface area contributed by atoms with Crippen molar-refractivity contribution in [3.8, 4) is 11.3 Å². The number of oxazole rings is 1. The zero-order valence-corrected chi connectivity index (χ0v) is 18.1. The molecule has 1 amide bonds. The highest BCUT2D eigenvalue weighted by Crippen LogP contribution is 2.32. The summed E-state index contributed by atoms with van der Waals surface area (Å²) in [5, 5.41) is 0.892. The van der Waals surface area contributed by atoms with Gasteiger partial charge in [-0.3, -0.25) is 4.79 Å². The Balaban J connectivity index is 1.28. The van der Waals surface area contributed by atoms with Crippen LogP contribution in [0.2, 0.25) is 0 Å². The van der Waals surface area contributed by atoms with Gasteiger partial charge >= 0.3 is 0 Å². The average molecular weight is 434 g/mol. The second-order valence-electron chi connectivity index (χ2n) is 8.52. The highest BCUT2D eigenvalue weighted by molar-refractivity contribution is 6.07. The van der Waals surface area contributed by atoms with Crippen LogP contribution < -0.4 is 0 Å². The summed E-state index contributed by atoms with van der Waals surface area (Å²) in [6.45, 7) is 1.36. The van der Waals surface area contributed by atoms with Gasteiger partial charge in [0.25, 0.3) is 5.91 Å². The van der Waals surface area contributed by atoms with Gasteiger partial charge in [0, 0.05) is 30.0 Å². The van der Waals surface area contributed by atoms with Crippen molar-refractivity contribution in [1.82, 2.24) is 14.9 Å². The molecule has 162 valence electrons. The van der Waals surface area contributed by atoms with Gasteiger partial charge in [0.05, 0.1) is 16.8 Å². The standard InChI is InChI=1S/C28H23N3O2/c32-28(31-16-14-20(15-17-31)27-30-24-12-6-7-13-26(24)33-27)22-18-25(19-8-2-1-3-9-19)29-23-11-5-4-10-21(22)23/h1-13,18,20H,14-17H2. The molecule has 1 aliphatic rings. The number of rotatable bonds is 3. The third kappa shape index (κ3) is 3.65. The van der Waals surface area contributed by atoms with Crippen LogP contribution in [0.15, 0.2) is 89.3 Å². The maximum absolute atomic E-state index is 13.6. The molecule has 0 atom stereocenters. The maximum atomic E-state index is 13.6. The molecule has 5 aromatic rings. The first-order valence-electron chi connectivity index (χ1n) is 11.4. The second kappa shape index (κ2) is 8.17. The van der Waals surface area contributed by atoms with Crippen molar-refractivity contribution < 1.29 is 9.21 Å². The number of hydrogen-bond donors (Lipinski definition) is 0. The highest BCUT2D eigenvalue weighted by atomic mass is 16.3. The van der Waals surface area contributed by atoms with E-state index in [2.05, 4.69) is 4.98 Å². The largest absolute Gasteiger partial charge is 0.440 e. The number of aromatic nitrogens is 2. The molecule has 3 aromatic carbocycles. The monoisotopic (exact) mass is 433 g/mol. The van der Waals surface area contributed by atoms with Gasteiger partial charge in [0.15, 0.2) is 11.5 Å². The summed E-state index contributed by atoms with van der Waals surface area (Å²) >= 11 is 0. The van der Waals surface area contributed by atoms with Gasteiger partial charge in [-0.2, -0.15) is 0 Å². The van der Waals surface area contributed by atoms with Gasteiger partial charge in [-0.25, -0.2) is 9.97 Å². The second-order valence-corrected chi connectivity index (χ2v) is 8.52. The first-order valence-corrected chi connectivity index (χ1v) is 11.4. The Labute approximate surface area is 191 Å². The van der Waals surface area contributed by atoms with E-state index in [4.69, 9.17) is 9.40 Å². The number of para-hydroxylation sites is 3. The lowest BCUT2D eigenvalue weighted by Gasteiger charge is -2.31. The summed E-state index contributed by atoms with van der Waals surface area (Å²) in [4.78, 5) is 25.1. The lowest BCUT2D eigenvalue weighted by Crippen LogP contribution is -2.38. The topological polar surface area (TPSA) is 59.2 Å². The number of nitrogens with zero attached hydrogens (tertiary/aromatic N) is 3. The van der Waals surface area contributed by atoms with Crippen LogP contribution in [0.3, 0.4) is 0 Å². The molecule has 1 fully saturated rings. The van der Waals surface area contributed by atoms with Crippen LogP contribution in [0.4, 0.5) is 0 Å². The third-order valence-corrected chi connectivity index (χ3v) is 6.46. The lowest BCUT2D eigenvalue weighted by molar-refractivity contribution is 0.0708. The zero-order valence-electron chi connectivity index (χ0n) is 18.1. The van der Waals surface area contributed by atoms with Crippen LogP contribution in [0, 0.1) is 0 Å². The van der Waals surface area contributed by atoms with Crippen molar-refractivity contribution in [1.29, 1.82) is 0 Å². The van der Waals surface area contributed by atoms with E-state index in [9.17, 15) is 4.79 Å². The number of carbonyl (C=O) groups is 1. The number of hydrogen-bond acceptors (Lipinski definition) is 4. The number of likely N-dealkylation sites (tertiary alicyclic amines) is 1.